The highest BCUT2D eigenvalue weighted by atomic mass is 16.7. The Morgan fingerprint density at radius 2 is 1.22 bits per heavy atom. The largest absolute Gasteiger partial charge is 0.459 e. The predicted molar refractivity (Wildman–Crippen MR) is 145 cm³/mol. The molecule has 0 bridgehead atoms. The number of nitrogens with two attached hydrogens (primary N) is 1. The molecule has 3 aromatic carbocycles. The van der Waals surface area contributed by atoms with Crippen LogP contribution >= 0.6 is 0 Å². The summed E-state index contributed by atoms with van der Waals surface area (Å²) in [6.07, 6.45) is -3.71. The van der Waals surface area contributed by atoms with Gasteiger partial charge in [-0.3, -0.25) is 4.57 Å². The molecule has 4 aromatic rings. The number of hydrogen-bond acceptors (Lipinski definition) is 10. The summed E-state index contributed by atoms with van der Waals surface area (Å²) in [7, 11) is 0. The van der Waals surface area contributed by atoms with Crippen molar-refractivity contribution < 1.29 is 33.3 Å². The van der Waals surface area contributed by atoms with E-state index in [1.54, 1.807) is 91.0 Å². The first kappa shape index (κ1) is 27.3. The highest BCUT2D eigenvalue weighted by molar-refractivity contribution is 5.91. The van der Waals surface area contributed by atoms with Crippen molar-refractivity contribution in [2.24, 2.45) is 0 Å². The van der Waals surface area contributed by atoms with Gasteiger partial charge >= 0.3 is 23.6 Å². The first-order valence-corrected chi connectivity index (χ1v) is 12.6. The van der Waals surface area contributed by atoms with Crippen molar-refractivity contribution in [3.63, 3.8) is 0 Å². The number of esters is 3. The smallest absolute Gasteiger partial charge is 0.351 e. The molecule has 1 fully saturated rings. The summed E-state index contributed by atoms with van der Waals surface area (Å²) in [6, 6.07) is 26.0. The van der Waals surface area contributed by atoms with Gasteiger partial charge in [-0.25, -0.2) is 19.2 Å². The Balaban J connectivity index is 1.49. The number of benzene rings is 3. The number of carbonyl (C=O) groups is 3. The average molecular weight is 556 g/mol. The van der Waals surface area contributed by atoms with Crippen LogP contribution in [0.15, 0.2) is 108 Å². The molecular weight excluding hydrogens is 530 g/mol. The fraction of sp³-hybridized carbons (Fsp3) is 0.167. The van der Waals surface area contributed by atoms with E-state index in [4.69, 9.17) is 24.7 Å². The molecule has 11 nitrogen and oxygen atoms in total. The molecule has 0 saturated carbocycles. The molecule has 0 amide bonds. The van der Waals surface area contributed by atoms with E-state index in [9.17, 15) is 19.2 Å². The summed E-state index contributed by atoms with van der Waals surface area (Å²) in [5.74, 6) is -2.15. The second-order valence-electron chi connectivity index (χ2n) is 9.04. The van der Waals surface area contributed by atoms with Gasteiger partial charge in [-0.1, -0.05) is 54.6 Å². The molecule has 4 atom stereocenters. The van der Waals surface area contributed by atoms with E-state index in [0.29, 0.717) is 5.56 Å². The van der Waals surface area contributed by atoms with Gasteiger partial charge in [-0.2, -0.15) is 4.98 Å². The van der Waals surface area contributed by atoms with Crippen molar-refractivity contribution in [3.05, 3.63) is 130 Å². The molecule has 0 aliphatic carbocycles. The first-order chi connectivity index (χ1) is 19.9. The normalized spacial score (nSPS) is 19.7. The lowest BCUT2D eigenvalue weighted by Crippen LogP contribution is -2.42. The van der Waals surface area contributed by atoms with Crippen molar-refractivity contribution >= 4 is 23.7 Å². The second-order valence-corrected chi connectivity index (χ2v) is 9.04. The molecule has 2 heterocycles. The van der Waals surface area contributed by atoms with Gasteiger partial charge in [0.15, 0.2) is 18.4 Å². The summed E-state index contributed by atoms with van der Waals surface area (Å²) in [5, 5.41) is 0. The lowest BCUT2D eigenvalue weighted by molar-refractivity contribution is -0.0639. The number of nitrogens with zero attached hydrogens (tertiary/aromatic N) is 2. The van der Waals surface area contributed by atoms with E-state index in [1.807, 2.05) is 0 Å². The van der Waals surface area contributed by atoms with Gasteiger partial charge in [0.1, 0.15) is 18.5 Å². The molecule has 2 N–H and O–H groups in total. The zero-order valence-corrected chi connectivity index (χ0v) is 21.6. The number of nitrogen functional groups attached to an aromatic ring is 1. The van der Waals surface area contributed by atoms with Gasteiger partial charge in [0.2, 0.25) is 0 Å². The minimum atomic E-state index is -1.33. The highest BCUT2D eigenvalue weighted by Crippen LogP contribution is 2.34. The van der Waals surface area contributed by atoms with Crippen LogP contribution in [0.1, 0.15) is 37.3 Å². The summed E-state index contributed by atoms with van der Waals surface area (Å²) in [5.41, 5.74) is 5.63. The van der Waals surface area contributed by atoms with Gasteiger partial charge in [-0.05, 0) is 42.5 Å². The van der Waals surface area contributed by atoms with Crippen LogP contribution in [0.5, 0.6) is 0 Å². The molecule has 1 aliphatic rings. The van der Waals surface area contributed by atoms with E-state index in [2.05, 4.69) is 4.98 Å². The van der Waals surface area contributed by atoms with Crippen LogP contribution < -0.4 is 11.4 Å². The summed E-state index contributed by atoms with van der Waals surface area (Å²) in [4.78, 5) is 55.5. The Morgan fingerprint density at radius 1 is 0.732 bits per heavy atom. The van der Waals surface area contributed by atoms with Crippen LogP contribution in [0.3, 0.4) is 0 Å². The monoisotopic (exact) mass is 555 g/mol. The van der Waals surface area contributed by atoms with Gasteiger partial charge in [0.25, 0.3) is 0 Å². The van der Waals surface area contributed by atoms with Gasteiger partial charge in [0.05, 0.1) is 16.7 Å². The van der Waals surface area contributed by atoms with Crippen LogP contribution in [0, 0.1) is 0 Å². The molecule has 0 radical (unpaired) electrons. The molecule has 11 heteroatoms. The fourth-order valence-corrected chi connectivity index (χ4v) is 4.30. The Morgan fingerprint density at radius 3 is 1.73 bits per heavy atom. The quantitative estimate of drug-likeness (QED) is 0.254. The molecule has 0 unspecified atom stereocenters. The van der Waals surface area contributed by atoms with E-state index < -0.39 is 48.1 Å². The summed E-state index contributed by atoms with van der Waals surface area (Å²) < 4.78 is 24.3. The van der Waals surface area contributed by atoms with Gasteiger partial charge in [-0.15, -0.1) is 0 Å². The Bertz CT molecular complexity index is 1580. The molecular formula is C30H25N3O8. The minimum absolute atomic E-state index is 0.0255. The van der Waals surface area contributed by atoms with Crippen molar-refractivity contribution in [1.82, 2.24) is 9.55 Å². The maximum atomic E-state index is 13.1. The van der Waals surface area contributed by atoms with Crippen LogP contribution in [0.4, 0.5) is 5.82 Å². The molecule has 0 spiro atoms. The molecule has 41 heavy (non-hydrogen) atoms. The van der Waals surface area contributed by atoms with Crippen LogP contribution in [-0.4, -0.2) is 52.4 Å². The zero-order valence-electron chi connectivity index (χ0n) is 21.6. The lowest BCUT2D eigenvalue weighted by atomic mass is 10.1. The van der Waals surface area contributed by atoms with Crippen LogP contribution in [-0.2, 0) is 18.9 Å². The third-order valence-corrected chi connectivity index (χ3v) is 6.30. The molecule has 1 aliphatic heterocycles. The Labute approximate surface area is 234 Å². The number of ether oxygens (including phenoxy) is 4. The summed E-state index contributed by atoms with van der Waals surface area (Å²) in [6.45, 7) is -0.381. The second kappa shape index (κ2) is 12.3. The average Bonchev–Trinajstić information content (AvgIpc) is 3.33. The van der Waals surface area contributed by atoms with E-state index >= 15 is 0 Å². The SMILES string of the molecule is Nc1ccn([C@H]2O[C@@H](COC(=O)c3ccccc3)[C@@H](OC(=O)c3ccccc3)[C@H]2OC(=O)c2ccccc2)c(=O)n1. The predicted octanol–water partition coefficient (Wildman–Crippen LogP) is 3.03. The summed E-state index contributed by atoms with van der Waals surface area (Å²) >= 11 is 0. The molecule has 208 valence electrons. The van der Waals surface area contributed by atoms with Gasteiger partial charge in [0, 0.05) is 6.20 Å². The number of anilines is 1. The number of hydrogen-bond donors (Lipinski definition) is 1. The highest BCUT2D eigenvalue weighted by Gasteiger charge is 2.51. The topological polar surface area (TPSA) is 149 Å². The lowest BCUT2D eigenvalue weighted by Gasteiger charge is -2.25. The first-order valence-electron chi connectivity index (χ1n) is 12.6. The number of rotatable bonds is 8. The number of aromatic nitrogens is 2. The minimum Gasteiger partial charge on any atom is -0.459 e. The molecule has 1 saturated heterocycles. The Kier molecular flexibility index (Phi) is 8.16. The molecule has 1 aromatic heterocycles. The maximum absolute atomic E-state index is 13.1. The molecule has 5 rings (SSSR count). The number of carbonyl (C=O) groups excluding carboxylic acids is 3. The van der Waals surface area contributed by atoms with Crippen LogP contribution in [0.25, 0.3) is 0 Å². The third kappa shape index (κ3) is 6.31. The van der Waals surface area contributed by atoms with Gasteiger partial charge < -0.3 is 24.7 Å². The van der Waals surface area contributed by atoms with E-state index in [0.717, 1.165) is 4.57 Å². The van der Waals surface area contributed by atoms with Crippen molar-refractivity contribution in [1.29, 1.82) is 0 Å². The standard InChI is InChI=1S/C30H25N3O8/c31-23-16-17-33(30(37)32-23)26-25(41-29(36)21-14-8-3-9-15-21)24(40-28(35)20-12-6-2-7-13-20)22(39-26)18-38-27(34)19-10-4-1-5-11-19/h1-17,22,24-26H,18H2,(H2,31,32,37)/t22-,24+,25+,26-/m0/s1. The van der Waals surface area contributed by atoms with E-state index in [1.165, 1.54) is 12.3 Å². The van der Waals surface area contributed by atoms with Crippen molar-refractivity contribution in [2.75, 3.05) is 12.3 Å². The van der Waals surface area contributed by atoms with Crippen molar-refractivity contribution in [3.8, 4) is 0 Å². The van der Waals surface area contributed by atoms with Crippen LogP contribution in [0.2, 0.25) is 0 Å². The fourth-order valence-electron chi connectivity index (χ4n) is 4.30. The van der Waals surface area contributed by atoms with E-state index in [-0.39, 0.29) is 23.6 Å². The zero-order chi connectivity index (χ0) is 28.8. The Hall–Kier alpha value is -5.29. The van der Waals surface area contributed by atoms with Crippen molar-refractivity contribution in [2.45, 2.75) is 24.5 Å². The maximum Gasteiger partial charge on any atom is 0.351 e. The third-order valence-electron chi connectivity index (χ3n) is 6.30.